The molecule has 24 heavy (non-hydrogen) atoms. The molecule has 0 fully saturated rings. The maximum absolute atomic E-state index is 11.8. The molecule has 0 saturated carbocycles. The third kappa shape index (κ3) is 7.21. The number of rotatable bonds is 6. The number of amides is 3. The maximum Gasteiger partial charge on any atom is 0.328 e. The predicted octanol–water partition coefficient (Wildman–Crippen LogP) is 0.810. The van der Waals surface area contributed by atoms with Crippen LogP contribution in [0, 0.1) is 13.8 Å². The van der Waals surface area contributed by atoms with Crippen LogP contribution in [0.15, 0.2) is 30.4 Å². The molecular formula is C16H19N3O5. The average molecular weight is 333 g/mol. The maximum atomic E-state index is 11.8. The van der Waals surface area contributed by atoms with Gasteiger partial charge in [-0.25, -0.2) is 4.79 Å². The molecule has 0 heterocycles. The molecular weight excluding hydrogens is 314 g/mol. The Balaban J connectivity index is 2.36. The lowest BCUT2D eigenvalue weighted by Crippen LogP contribution is -2.41. The Bertz CT molecular complexity index is 682. The van der Waals surface area contributed by atoms with Crippen molar-refractivity contribution in [1.29, 1.82) is 0 Å². The van der Waals surface area contributed by atoms with Crippen LogP contribution in [0.3, 0.4) is 0 Å². The largest absolute Gasteiger partial charge is 0.478 e. The summed E-state index contributed by atoms with van der Waals surface area (Å²) < 4.78 is 0. The van der Waals surface area contributed by atoms with Gasteiger partial charge in [-0.2, -0.15) is 0 Å². The van der Waals surface area contributed by atoms with Crippen LogP contribution in [0.5, 0.6) is 0 Å². The molecule has 0 saturated heterocycles. The van der Waals surface area contributed by atoms with Crippen LogP contribution in [0.4, 0.5) is 5.69 Å². The number of carbonyl (C=O) groups is 4. The van der Waals surface area contributed by atoms with E-state index in [0.29, 0.717) is 11.8 Å². The van der Waals surface area contributed by atoms with Crippen LogP contribution >= 0.6 is 0 Å². The highest BCUT2D eigenvalue weighted by molar-refractivity contribution is 5.96. The molecule has 0 radical (unpaired) electrons. The summed E-state index contributed by atoms with van der Waals surface area (Å²) in [4.78, 5) is 44.7. The zero-order valence-electron chi connectivity index (χ0n) is 13.4. The summed E-state index contributed by atoms with van der Waals surface area (Å²) in [7, 11) is 0. The van der Waals surface area contributed by atoms with Gasteiger partial charge < -0.3 is 10.4 Å². The molecule has 4 N–H and O–H groups in total. The zero-order valence-corrected chi connectivity index (χ0v) is 13.4. The molecule has 1 rings (SSSR count). The van der Waals surface area contributed by atoms with Crippen molar-refractivity contribution in [2.45, 2.75) is 26.7 Å². The summed E-state index contributed by atoms with van der Waals surface area (Å²) >= 11 is 0. The SMILES string of the molecule is Cc1ccc(C)c(NC(=O)CCC(=O)NNC(=O)C=CC(=O)O)c1. The molecule has 0 aromatic heterocycles. The first kappa shape index (κ1) is 18.9. The van der Waals surface area contributed by atoms with Crippen LogP contribution in [0.2, 0.25) is 0 Å². The number of hydrazine groups is 1. The Morgan fingerprint density at radius 1 is 1.00 bits per heavy atom. The summed E-state index contributed by atoms with van der Waals surface area (Å²) in [5.41, 5.74) is 6.70. The van der Waals surface area contributed by atoms with E-state index < -0.39 is 17.8 Å². The topological polar surface area (TPSA) is 125 Å². The van der Waals surface area contributed by atoms with Gasteiger partial charge >= 0.3 is 5.97 Å². The molecule has 128 valence electrons. The number of anilines is 1. The standard InChI is InChI=1S/C16H19N3O5/c1-10-3-4-11(2)12(9-10)17-13(20)5-6-14(21)18-19-15(22)7-8-16(23)24/h3-4,7-9H,5-6H2,1-2H3,(H,17,20)(H,18,21)(H,19,22)(H,23,24). The minimum Gasteiger partial charge on any atom is -0.478 e. The van der Waals surface area contributed by atoms with Gasteiger partial charge in [0.2, 0.25) is 11.8 Å². The summed E-state index contributed by atoms with van der Waals surface area (Å²) in [5.74, 6) is -2.95. The summed E-state index contributed by atoms with van der Waals surface area (Å²) in [6, 6.07) is 5.65. The van der Waals surface area contributed by atoms with Crippen molar-refractivity contribution in [3.05, 3.63) is 41.5 Å². The molecule has 0 aliphatic heterocycles. The number of carboxylic acids is 1. The Kier molecular flexibility index (Phi) is 7.15. The van der Waals surface area contributed by atoms with Gasteiger partial charge in [-0.05, 0) is 31.0 Å². The lowest BCUT2D eigenvalue weighted by atomic mass is 10.1. The van der Waals surface area contributed by atoms with E-state index in [4.69, 9.17) is 5.11 Å². The smallest absolute Gasteiger partial charge is 0.328 e. The van der Waals surface area contributed by atoms with Crippen LogP contribution in [0.1, 0.15) is 24.0 Å². The van der Waals surface area contributed by atoms with E-state index in [9.17, 15) is 19.2 Å². The van der Waals surface area contributed by atoms with Crippen molar-refractivity contribution in [1.82, 2.24) is 10.9 Å². The highest BCUT2D eigenvalue weighted by atomic mass is 16.4. The van der Waals surface area contributed by atoms with Gasteiger partial charge in [-0.1, -0.05) is 12.1 Å². The number of carboxylic acid groups (broad SMARTS) is 1. The third-order valence-electron chi connectivity index (χ3n) is 2.95. The monoisotopic (exact) mass is 333 g/mol. The number of benzene rings is 1. The van der Waals surface area contributed by atoms with Crippen molar-refractivity contribution in [3.8, 4) is 0 Å². The van der Waals surface area contributed by atoms with Crippen LogP contribution in [-0.2, 0) is 19.2 Å². The molecule has 3 amide bonds. The minimum atomic E-state index is -1.28. The van der Waals surface area contributed by atoms with Gasteiger partial charge in [0.25, 0.3) is 5.91 Å². The lowest BCUT2D eigenvalue weighted by molar-refractivity contribution is -0.131. The molecule has 8 nitrogen and oxygen atoms in total. The van der Waals surface area contributed by atoms with Gasteiger partial charge in [0, 0.05) is 30.7 Å². The van der Waals surface area contributed by atoms with E-state index in [1.165, 1.54) is 0 Å². The van der Waals surface area contributed by atoms with E-state index in [0.717, 1.165) is 17.2 Å². The molecule has 0 aliphatic carbocycles. The van der Waals surface area contributed by atoms with Crippen LogP contribution in [0.25, 0.3) is 0 Å². The van der Waals surface area contributed by atoms with Crippen molar-refractivity contribution >= 4 is 29.4 Å². The van der Waals surface area contributed by atoms with E-state index in [1.807, 2.05) is 37.5 Å². The van der Waals surface area contributed by atoms with Crippen molar-refractivity contribution < 1.29 is 24.3 Å². The summed E-state index contributed by atoms with van der Waals surface area (Å²) in [6.07, 6.45) is 1.22. The van der Waals surface area contributed by atoms with E-state index >= 15 is 0 Å². The fourth-order valence-electron chi connectivity index (χ4n) is 1.69. The number of nitrogens with one attached hydrogen (secondary N) is 3. The number of aliphatic carboxylic acids is 1. The minimum absolute atomic E-state index is 0.0555. The molecule has 0 unspecified atom stereocenters. The van der Waals surface area contributed by atoms with Crippen LogP contribution < -0.4 is 16.2 Å². The molecule has 1 aromatic rings. The first-order valence-corrected chi connectivity index (χ1v) is 7.15. The van der Waals surface area contributed by atoms with Gasteiger partial charge in [0.15, 0.2) is 0 Å². The van der Waals surface area contributed by atoms with Crippen molar-refractivity contribution in [3.63, 3.8) is 0 Å². The fraction of sp³-hybridized carbons (Fsp3) is 0.250. The van der Waals surface area contributed by atoms with E-state index in [-0.39, 0.29) is 18.7 Å². The summed E-state index contributed by atoms with van der Waals surface area (Å²) in [5, 5.41) is 11.1. The number of hydrogen-bond acceptors (Lipinski definition) is 4. The highest BCUT2D eigenvalue weighted by Crippen LogP contribution is 2.16. The quantitative estimate of drug-likeness (QED) is 0.453. The second-order valence-electron chi connectivity index (χ2n) is 5.08. The molecule has 0 atom stereocenters. The van der Waals surface area contributed by atoms with Gasteiger partial charge in [-0.3, -0.25) is 25.2 Å². The lowest BCUT2D eigenvalue weighted by Gasteiger charge is -2.09. The Labute approximate surface area is 138 Å². The Morgan fingerprint density at radius 2 is 1.67 bits per heavy atom. The van der Waals surface area contributed by atoms with Crippen molar-refractivity contribution in [2.75, 3.05) is 5.32 Å². The fourth-order valence-corrected chi connectivity index (χ4v) is 1.69. The first-order valence-electron chi connectivity index (χ1n) is 7.15. The molecule has 0 bridgehead atoms. The van der Waals surface area contributed by atoms with Gasteiger partial charge in [0.1, 0.15) is 0 Å². The molecule has 0 aliphatic rings. The van der Waals surface area contributed by atoms with E-state index in [2.05, 4.69) is 10.7 Å². The number of aryl methyl sites for hydroxylation is 2. The second kappa shape index (κ2) is 9.09. The molecule has 0 spiro atoms. The van der Waals surface area contributed by atoms with E-state index in [1.54, 1.807) is 0 Å². The zero-order chi connectivity index (χ0) is 18.1. The van der Waals surface area contributed by atoms with Gasteiger partial charge in [-0.15, -0.1) is 0 Å². The third-order valence-corrected chi connectivity index (χ3v) is 2.95. The number of carbonyl (C=O) groups excluding carboxylic acids is 3. The average Bonchev–Trinajstić information content (AvgIpc) is 2.52. The molecule has 1 aromatic carbocycles. The normalized spacial score (nSPS) is 10.2. The van der Waals surface area contributed by atoms with Crippen molar-refractivity contribution in [2.24, 2.45) is 0 Å². The number of hydrogen-bond donors (Lipinski definition) is 4. The van der Waals surface area contributed by atoms with Gasteiger partial charge in [0.05, 0.1) is 0 Å². The Morgan fingerprint density at radius 3 is 2.33 bits per heavy atom. The molecule has 8 heteroatoms. The predicted molar refractivity (Wildman–Crippen MR) is 86.8 cm³/mol. The summed E-state index contributed by atoms with van der Waals surface area (Å²) in [6.45, 7) is 3.77. The Hall–Kier alpha value is -3.16. The van der Waals surface area contributed by atoms with Crippen LogP contribution in [-0.4, -0.2) is 28.8 Å². The first-order chi connectivity index (χ1) is 11.3. The highest BCUT2D eigenvalue weighted by Gasteiger charge is 2.09. The second-order valence-corrected chi connectivity index (χ2v) is 5.08.